The molecule has 460 valence electrons. The largest absolute Gasteiger partial charge is 0.507 e. The van der Waals surface area contributed by atoms with Crippen LogP contribution in [0.15, 0.2) is 23.2 Å². The molecule has 2 saturated heterocycles. The molecule has 2 aromatic rings. The number of likely N-dealkylation sites (tertiary alicyclic amines) is 1. The zero-order valence-corrected chi connectivity index (χ0v) is 48.1. The van der Waals surface area contributed by atoms with Crippen molar-refractivity contribution in [3.63, 3.8) is 0 Å². The summed E-state index contributed by atoms with van der Waals surface area (Å²) in [6, 6.07) is -1.64. The number of hydrogen-bond donors (Lipinski definition) is 13. The minimum absolute atomic E-state index is 0.00687. The lowest BCUT2D eigenvalue weighted by Gasteiger charge is -2.43. The third kappa shape index (κ3) is 15.3. The first-order valence-electron chi connectivity index (χ1n) is 27.9. The molecule has 10 atom stereocenters. The Morgan fingerprint density at radius 2 is 1.54 bits per heavy atom. The van der Waals surface area contributed by atoms with Crippen LogP contribution in [0.2, 0.25) is 0 Å². The van der Waals surface area contributed by atoms with Crippen molar-refractivity contribution in [1.82, 2.24) is 36.8 Å². The molecule has 15 N–H and O–H groups in total. The summed E-state index contributed by atoms with van der Waals surface area (Å²) in [7, 11) is 1.28. The Bertz CT molecular complexity index is 2910. The van der Waals surface area contributed by atoms with E-state index in [-0.39, 0.29) is 97.5 Å². The summed E-state index contributed by atoms with van der Waals surface area (Å²) in [6.07, 6.45) is -6.11. The van der Waals surface area contributed by atoms with E-state index >= 15 is 0 Å². The van der Waals surface area contributed by atoms with E-state index in [1.54, 1.807) is 27.7 Å². The van der Waals surface area contributed by atoms with Crippen LogP contribution >= 0.6 is 0 Å². The molecule has 6 rings (SSSR count). The maximum Gasteiger partial charge on any atom is 0.243 e. The Morgan fingerprint density at radius 3 is 2.17 bits per heavy atom. The van der Waals surface area contributed by atoms with Crippen molar-refractivity contribution in [1.29, 1.82) is 0 Å². The van der Waals surface area contributed by atoms with E-state index in [2.05, 4.69) is 36.9 Å². The molecule has 4 aliphatic rings. The van der Waals surface area contributed by atoms with Crippen molar-refractivity contribution < 1.29 is 87.7 Å². The van der Waals surface area contributed by atoms with Gasteiger partial charge in [-0.25, -0.2) is 0 Å². The smallest absolute Gasteiger partial charge is 0.243 e. The van der Waals surface area contributed by atoms with Crippen LogP contribution in [0.4, 0.5) is 0 Å². The predicted octanol–water partition coefficient (Wildman–Crippen LogP) is -2.00. The number of rotatable bonds is 25. The van der Waals surface area contributed by atoms with Gasteiger partial charge in [-0.3, -0.25) is 52.9 Å². The first kappa shape index (κ1) is 65.4. The Kier molecular flexibility index (Phi) is 21.9. The highest BCUT2D eigenvalue weighted by Gasteiger charge is 2.51. The number of aliphatic hydroxyl groups is 3. The number of methoxy groups -OCH3 is 1. The number of amides is 7. The number of hydrogen-bond acceptors (Lipinski definition) is 19. The van der Waals surface area contributed by atoms with Crippen LogP contribution in [0, 0.1) is 11.8 Å². The summed E-state index contributed by atoms with van der Waals surface area (Å²) in [5.41, 5.74) is 6.34. The van der Waals surface area contributed by atoms with Crippen LogP contribution in [0.5, 0.6) is 17.2 Å². The van der Waals surface area contributed by atoms with Gasteiger partial charge in [-0.2, -0.15) is 0 Å². The number of Topliss-reactive ketones (excluding diaryl/α,β-unsaturated/α-hetero) is 1. The standard InChI is InChI=1S/C56H78N10O18/c1-25(2)17-33(62-39(70)22-61-51(77)31(12-9-15-59-55(57)58)63-54(80)35-13-10-16-66(35)40(71)23-60-28(6)68)52(78)65-34(18-26(3)4)53(79)64-32-19-41(83-27(5)46(32)72)84-37-21-56(81,38(69)24-67)20-30-43(37)50(76)45-44(48(30)74)47(73)29-11-8-14-36(82-7)42(29)49(45)75/h8,11,14,25-27,31-35,37,41,46,67,72,74,76,81H,9-10,12-13,15-24H2,1-7H3,(H,60,68)(H,61,77)(H,62,70)(H,63,80)(H,64,79)(H,65,78)(H4,57,58,59)/t27-,31-,32-,33-,34-,35-,37-,41-,46+,56-/m0/s1. The molecule has 0 saturated carbocycles. The van der Waals surface area contributed by atoms with Crippen LogP contribution in [-0.4, -0.2) is 189 Å². The van der Waals surface area contributed by atoms with Crippen molar-refractivity contribution in [2.45, 2.75) is 160 Å². The monoisotopic (exact) mass is 1180 g/mol. The van der Waals surface area contributed by atoms with Gasteiger partial charge in [0.2, 0.25) is 47.1 Å². The number of ether oxygens (including phenoxy) is 3. The number of carbonyl (C=O) groups excluding carboxylic acids is 10. The maximum atomic E-state index is 14.3. The molecule has 2 aliphatic heterocycles. The number of nitrogens with one attached hydrogen (secondary N) is 6. The second-order valence-corrected chi connectivity index (χ2v) is 22.4. The molecule has 0 spiro atoms. The van der Waals surface area contributed by atoms with Gasteiger partial charge in [-0.05, 0) is 63.4 Å². The number of aliphatic hydroxyl groups excluding tert-OH is 2. The average molecular weight is 1180 g/mol. The number of aromatic hydroxyl groups is 2. The SMILES string of the molecule is COc1cccc2c1C(=O)c1c(O)c3c(c(O)c1C2=O)C[C@@](O)(C(=O)CO)C[C@@H]3O[C@H]1C[C@H](NC(=O)[C@H](CC(C)C)NC(=O)[C@H](CC(C)C)NC(=O)CNC(=O)[C@H](CCCN=C(N)N)NC(=O)[C@@H]2CCCN2C(=O)CNC(C)=O)[C@H](O)[C@H](C)O1. The van der Waals surface area contributed by atoms with Gasteiger partial charge in [0.05, 0.1) is 55.1 Å². The van der Waals surface area contributed by atoms with Crippen molar-refractivity contribution in [3.8, 4) is 17.2 Å². The van der Waals surface area contributed by atoms with Crippen LogP contribution < -0.4 is 48.1 Å². The number of aliphatic imine (C=N–C) groups is 1. The van der Waals surface area contributed by atoms with Crippen molar-refractivity contribution >= 4 is 64.7 Å². The molecular formula is C56H78N10O18. The minimum atomic E-state index is -2.46. The second-order valence-electron chi connectivity index (χ2n) is 22.4. The third-order valence-corrected chi connectivity index (χ3v) is 15.2. The lowest BCUT2D eigenvalue weighted by molar-refractivity contribution is -0.249. The van der Waals surface area contributed by atoms with Crippen LogP contribution in [-0.2, 0) is 54.3 Å². The summed E-state index contributed by atoms with van der Waals surface area (Å²) in [5, 5.41) is 72.6. The molecule has 2 fully saturated rings. The molecule has 84 heavy (non-hydrogen) atoms. The molecule has 0 unspecified atom stereocenters. The molecule has 7 amide bonds. The fourth-order valence-corrected chi connectivity index (χ4v) is 11.0. The van der Waals surface area contributed by atoms with E-state index in [0.717, 1.165) is 0 Å². The predicted molar refractivity (Wildman–Crippen MR) is 297 cm³/mol. The highest BCUT2D eigenvalue weighted by atomic mass is 16.7. The van der Waals surface area contributed by atoms with E-state index in [1.807, 2.05) is 0 Å². The van der Waals surface area contributed by atoms with Gasteiger partial charge in [0.1, 0.15) is 59.7 Å². The van der Waals surface area contributed by atoms with Gasteiger partial charge in [0, 0.05) is 56.0 Å². The highest BCUT2D eigenvalue weighted by Crippen LogP contribution is 2.52. The number of phenolic OH excluding ortho intramolecular Hbond substituents is 2. The summed E-state index contributed by atoms with van der Waals surface area (Å²) in [5.74, 6) is -9.72. The van der Waals surface area contributed by atoms with Gasteiger partial charge in [-0.1, -0.05) is 39.8 Å². The zero-order chi connectivity index (χ0) is 62.1. The van der Waals surface area contributed by atoms with E-state index < -0.39 is 168 Å². The fraction of sp³-hybridized carbons (Fsp3) is 0.589. The maximum absolute atomic E-state index is 14.3. The normalized spacial score (nSPS) is 22.7. The number of carbonyl (C=O) groups is 10. The van der Waals surface area contributed by atoms with Crippen LogP contribution in [0.1, 0.15) is 142 Å². The summed E-state index contributed by atoms with van der Waals surface area (Å²) in [4.78, 5) is 140. The highest BCUT2D eigenvalue weighted by molar-refractivity contribution is 6.31. The van der Waals surface area contributed by atoms with E-state index in [1.165, 1.54) is 44.1 Å². The molecule has 28 nitrogen and oxygen atoms in total. The topological polar surface area (TPSA) is 439 Å². The molecule has 2 aliphatic carbocycles. The molecular weight excluding hydrogens is 1100 g/mol. The average Bonchev–Trinajstić information content (AvgIpc) is 1.33. The number of fused-ring (bicyclic) bond motifs is 3. The second kappa shape index (κ2) is 28.2. The quantitative estimate of drug-likeness (QED) is 0.0189. The summed E-state index contributed by atoms with van der Waals surface area (Å²) < 4.78 is 17.7. The first-order chi connectivity index (χ1) is 39.6. The number of benzene rings is 2. The lowest BCUT2D eigenvalue weighted by atomic mass is 9.72. The molecule has 0 radical (unpaired) electrons. The van der Waals surface area contributed by atoms with E-state index in [4.69, 9.17) is 25.7 Å². The molecule has 0 aromatic heterocycles. The van der Waals surface area contributed by atoms with Crippen LogP contribution in [0.3, 0.4) is 0 Å². The van der Waals surface area contributed by atoms with E-state index in [9.17, 15) is 73.5 Å². The third-order valence-electron chi connectivity index (χ3n) is 15.2. The number of guanidine groups is 1. The first-order valence-corrected chi connectivity index (χ1v) is 27.9. The van der Waals surface area contributed by atoms with E-state index in [0.29, 0.717) is 12.8 Å². The Balaban J connectivity index is 1.16. The molecule has 2 aromatic carbocycles. The zero-order valence-electron chi connectivity index (χ0n) is 48.1. The Morgan fingerprint density at radius 1 is 0.869 bits per heavy atom. The van der Waals surface area contributed by atoms with Crippen molar-refractivity contribution in [2.75, 3.05) is 39.9 Å². The summed E-state index contributed by atoms with van der Waals surface area (Å²) in [6.45, 7) is 8.09. The number of phenols is 2. The Hall–Kier alpha value is -7.79. The lowest BCUT2D eigenvalue weighted by Crippen LogP contribution is -2.60. The van der Waals surface area contributed by atoms with Crippen molar-refractivity contribution in [3.05, 3.63) is 51.6 Å². The van der Waals surface area contributed by atoms with Crippen molar-refractivity contribution in [2.24, 2.45) is 28.3 Å². The van der Waals surface area contributed by atoms with Gasteiger partial charge >= 0.3 is 0 Å². The number of nitrogens with zero attached hydrogens (tertiary/aromatic N) is 2. The summed E-state index contributed by atoms with van der Waals surface area (Å²) >= 11 is 0. The van der Waals surface area contributed by atoms with Gasteiger partial charge in [0.25, 0.3) is 0 Å². The van der Waals surface area contributed by atoms with Gasteiger partial charge in [-0.15, -0.1) is 0 Å². The molecule has 2 heterocycles. The number of nitrogens with two attached hydrogens (primary N) is 2. The fourth-order valence-electron chi connectivity index (χ4n) is 11.0. The van der Waals surface area contributed by atoms with Gasteiger partial charge < -0.3 is 88.0 Å². The number of ketones is 3. The van der Waals surface area contributed by atoms with Crippen LogP contribution in [0.25, 0.3) is 0 Å². The Labute approximate surface area is 484 Å². The molecule has 0 bridgehead atoms. The minimum Gasteiger partial charge on any atom is -0.507 e. The molecule has 28 heteroatoms. The van der Waals surface area contributed by atoms with Gasteiger partial charge in [0.15, 0.2) is 23.8 Å².